The second-order valence-electron chi connectivity index (χ2n) is 2.02. The zero-order chi connectivity index (χ0) is 9.68. The lowest BCUT2D eigenvalue weighted by Crippen LogP contribution is -2.10. The number of aromatic nitrogens is 1. The van der Waals surface area contributed by atoms with Crippen LogP contribution in [0.15, 0.2) is 16.7 Å². The number of halogens is 1. The van der Waals surface area contributed by atoms with Gasteiger partial charge in [-0.3, -0.25) is 0 Å². The Bertz CT molecular complexity index is 286. The van der Waals surface area contributed by atoms with Crippen molar-refractivity contribution in [1.29, 1.82) is 0 Å². The fourth-order valence-electron chi connectivity index (χ4n) is 0.614. The number of rotatable bonds is 2. The first kappa shape index (κ1) is 9.98. The lowest BCUT2D eigenvalue weighted by atomic mass is 10.5. The summed E-state index contributed by atoms with van der Waals surface area (Å²) in [4.78, 5) is 14.6. The molecule has 1 aromatic rings. The van der Waals surface area contributed by atoms with Gasteiger partial charge in [-0.1, -0.05) is 0 Å². The van der Waals surface area contributed by atoms with Crippen LogP contribution < -0.4 is 4.74 Å². The normalized spacial score (nSPS) is 9.38. The van der Waals surface area contributed by atoms with Crippen LogP contribution in [0, 0.1) is 6.07 Å². The third kappa shape index (κ3) is 3.42. The molecule has 0 aliphatic heterocycles. The molecular formula is C8H7BrNO3. The molecule has 1 aromatic heterocycles. The molecule has 0 N–H and O–H groups in total. The fraction of sp³-hybridized carbons (Fsp3) is 0.250. The van der Waals surface area contributed by atoms with Crippen LogP contribution in [0.5, 0.6) is 5.88 Å². The van der Waals surface area contributed by atoms with Crippen molar-refractivity contribution in [3.05, 3.63) is 22.8 Å². The lowest BCUT2D eigenvalue weighted by molar-refractivity contribution is 0.102. The van der Waals surface area contributed by atoms with Crippen LogP contribution in [0.1, 0.15) is 6.92 Å². The number of carbonyl (C=O) groups is 1. The molecule has 13 heavy (non-hydrogen) atoms. The number of pyridine rings is 1. The minimum atomic E-state index is -0.759. The molecule has 0 aliphatic carbocycles. The molecule has 0 saturated carbocycles. The van der Waals surface area contributed by atoms with E-state index in [1.165, 1.54) is 12.3 Å². The highest BCUT2D eigenvalue weighted by Crippen LogP contribution is 2.11. The SMILES string of the molecule is CCOC(=O)Oc1c[c]c(Br)cn1. The maximum Gasteiger partial charge on any atom is 0.515 e. The van der Waals surface area contributed by atoms with E-state index >= 15 is 0 Å². The number of hydrogen-bond donors (Lipinski definition) is 0. The molecule has 0 amide bonds. The van der Waals surface area contributed by atoms with E-state index in [2.05, 4.69) is 36.5 Å². The quantitative estimate of drug-likeness (QED) is 0.749. The van der Waals surface area contributed by atoms with Gasteiger partial charge in [0.05, 0.1) is 6.61 Å². The minimum absolute atomic E-state index is 0.168. The van der Waals surface area contributed by atoms with Crippen molar-refractivity contribution in [2.75, 3.05) is 6.61 Å². The van der Waals surface area contributed by atoms with Crippen molar-refractivity contribution in [3.8, 4) is 5.88 Å². The van der Waals surface area contributed by atoms with Gasteiger partial charge in [0.15, 0.2) is 0 Å². The minimum Gasteiger partial charge on any atom is -0.434 e. The van der Waals surface area contributed by atoms with Gasteiger partial charge in [0, 0.05) is 22.8 Å². The zero-order valence-corrected chi connectivity index (χ0v) is 8.50. The Morgan fingerprint density at radius 3 is 3.08 bits per heavy atom. The highest BCUT2D eigenvalue weighted by atomic mass is 79.9. The third-order valence-corrected chi connectivity index (χ3v) is 1.52. The second kappa shape index (κ2) is 4.81. The van der Waals surface area contributed by atoms with E-state index < -0.39 is 6.16 Å². The molecule has 0 atom stereocenters. The van der Waals surface area contributed by atoms with E-state index in [-0.39, 0.29) is 12.5 Å². The number of ether oxygens (including phenoxy) is 2. The number of hydrogen-bond acceptors (Lipinski definition) is 4. The summed E-state index contributed by atoms with van der Waals surface area (Å²) in [5, 5.41) is 0. The Kier molecular flexibility index (Phi) is 3.70. The zero-order valence-electron chi connectivity index (χ0n) is 6.91. The molecule has 1 rings (SSSR count). The first-order chi connectivity index (χ1) is 6.22. The monoisotopic (exact) mass is 244 g/mol. The average Bonchev–Trinajstić information content (AvgIpc) is 2.09. The van der Waals surface area contributed by atoms with E-state index in [0.29, 0.717) is 4.47 Å². The first-order valence-corrected chi connectivity index (χ1v) is 4.39. The van der Waals surface area contributed by atoms with Gasteiger partial charge in [-0.15, -0.1) is 0 Å². The Balaban J connectivity index is 2.54. The van der Waals surface area contributed by atoms with Gasteiger partial charge >= 0.3 is 6.16 Å². The lowest BCUT2D eigenvalue weighted by Gasteiger charge is -2.01. The van der Waals surface area contributed by atoms with Gasteiger partial charge in [-0.2, -0.15) is 0 Å². The van der Waals surface area contributed by atoms with Crippen LogP contribution in [0.4, 0.5) is 4.79 Å². The van der Waals surface area contributed by atoms with Crippen LogP contribution in [-0.4, -0.2) is 17.7 Å². The fourth-order valence-corrected chi connectivity index (χ4v) is 0.831. The van der Waals surface area contributed by atoms with Crippen molar-refractivity contribution >= 4 is 22.1 Å². The summed E-state index contributed by atoms with van der Waals surface area (Å²) >= 11 is 3.15. The summed E-state index contributed by atoms with van der Waals surface area (Å²) in [6.45, 7) is 1.97. The Morgan fingerprint density at radius 2 is 2.54 bits per heavy atom. The molecule has 0 aromatic carbocycles. The Morgan fingerprint density at radius 1 is 1.77 bits per heavy atom. The van der Waals surface area contributed by atoms with E-state index in [0.717, 1.165) is 0 Å². The summed E-state index contributed by atoms with van der Waals surface area (Å²) in [6.07, 6.45) is 0.722. The summed E-state index contributed by atoms with van der Waals surface area (Å²) < 4.78 is 9.93. The van der Waals surface area contributed by atoms with Crippen LogP contribution in [0.25, 0.3) is 0 Å². The van der Waals surface area contributed by atoms with Crippen molar-refractivity contribution in [1.82, 2.24) is 4.98 Å². The largest absolute Gasteiger partial charge is 0.515 e. The van der Waals surface area contributed by atoms with Crippen LogP contribution >= 0.6 is 15.9 Å². The van der Waals surface area contributed by atoms with Crippen LogP contribution in [0.2, 0.25) is 0 Å². The summed E-state index contributed by atoms with van der Waals surface area (Å²) in [6, 6.07) is 4.21. The number of nitrogens with zero attached hydrogens (tertiary/aromatic N) is 1. The van der Waals surface area contributed by atoms with Crippen molar-refractivity contribution in [3.63, 3.8) is 0 Å². The average molecular weight is 245 g/mol. The maximum absolute atomic E-state index is 10.8. The standard InChI is InChI=1S/C8H7BrNO3/c1-2-12-8(11)13-7-4-3-6(9)5-10-7/h4-5H,2H2,1H3. The molecule has 0 saturated heterocycles. The Hall–Kier alpha value is -1.10. The predicted octanol–water partition coefficient (Wildman–Crippen LogP) is 2.18. The topological polar surface area (TPSA) is 48.4 Å². The predicted molar refractivity (Wildman–Crippen MR) is 48.4 cm³/mol. The maximum atomic E-state index is 10.8. The van der Waals surface area contributed by atoms with Crippen LogP contribution in [-0.2, 0) is 4.74 Å². The molecule has 69 valence electrons. The van der Waals surface area contributed by atoms with Gasteiger partial charge in [0.1, 0.15) is 0 Å². The van der Waals surface area contributed by atoms with Gasteiger partial charge in [0.2, 0.25) is 5.88 Å². The van der Waals surface area contributed by atoms with Gasteiger partial charge in [0.25, 0.3) is 0 Å². The van der Waals surface area contributed by atoms with Crippen molar-refractivity contribution in [2.24, 2.45) is 0 Å². The molecule has 1 heterocycles. The molecule has 1 radical (unpaired) electrons. The van der Waals surface area contributed by atoms with Gasteiger partial charge in [-0.25, -0.2) is 9.78 Å². The van der Waals surface area contributed by atoms with Gasteiger partial charge in [-0.05, 0) is 22.9 Å². The summed E-state index contributed by atoms with van der Waals surface area (Å²) in [7, 11) is 0. The summed E-state index contributed by atoms with van der Waals surface area (Å²) in [5.74, 6) is 0.168. The van der Waals surface area contributed by atoms with E-state index in [4.69, 9.17) is 0 Å². The third-order valence-electron chi connectivity index (χ3n) is 1.09. The van der Waals surface area contributed by atoms with Crippen LogP contribution in [0.3, 0.4) is 0 Å². The van der Waals surface area contributed by atoms with Crippen molar-refractivity contribution < 1.29 is 14.3 Å². The molecule has 0 spiro atoms. The highest BCUT2D eigenvalue weighted by Gasteiger charge is 2.04. The molecule has 0 fully saturated rings. The number of carbonyl (C=O) groups excluding carboxylic acids is 1. The smallest absolute Gasteiger partial charge is 0.434 e. The molecular weight excluding hydrogens is 238 g/mol. The molecule has 0 aliphatic rings. The van der Waals surface area contributed by atoms with E-state index in [9.17, 15) is 4.79 Å². The molecule has 5 heteroatoms. The molecule has 4 nitrogen and oxygen atoms in total. The highest BCUT2D eigenvalue weighted by molar-refractivity contribution is 9.10. The molecule has 0 bridgehead atoms. The second-order valence-corrected chi connectivity index (χ2v) is 2.87. The summed E-state index contributed by atoms with van der Waals surface area (Å²) in [5.41, 5.74) is 0. The van der Waals surface area contributed by atoms with Gasteiger partial charge < -0.3 is 9.47 Å². The van der Waals surface area contributed by atoms with Crippen molar-refractivity contribution in [2.45, 2.75) is 6.92 Å². The first-order valence-electron chi connectivity index (χ1n) is 3.60. The van der Waals surface area contributed by atoms with E-state index in [1.807, 2.05) is 0 Å². The van der Waals surface area contributed by atoms with E-state index in [1.54, 1.807) is 6.92 Å². The molecule has 0 unspecified atom stereocenters. The Labute approximate surface area is 84.0 Å².